The Morgan fingerprint density at radius 3 is 2.82 bits per heavy atom. The fraction of sp³-hybridized carbons (Fsp3) is 0.222. The van der Waals surface area contributed by atoms with Crippen LogP contribution >= 0.6 is 11.6 Å². The van der Waals surface area contributed by atoms with Crippen LogP contribution in [0.15, 0.2) is 41.3 Å². The molecule has 1 heterocycles. The summed E-state index contributed by atoms with van der Waals surface area (Å²) in [6, 6.07) is 8.89. The first-order valence-corrected chi connectivity index (χ1v) is 10.2. The third-order valence-electron chi connectivity index (χ3n) is 3.98. The molecule has 28 heavy (non-hydrogen) atoms. The van der Waals surface area contributed by atoms with Gasteiger partial charge in [0.1, 0.15) is 11.5 Å². The molecule has 0 spiro atoms. The van der Waals surface area contributed by atoms with Gasteiger partial charge in [-0.15, -0.1) is 0 Å². The van der Waals surface area contributed by atoms with Crippen molar-refractivity contribution in [2.24, 2.45) is 0 Å². The Bertz CT molecular complexity index is 1040. The largest absolute Gasteiger partial charge is 0.495 e. The number of rotatable bonds is 6. The summed E-state index contributed by atoms with van der Waals surface area (Å²) in [5.41, 5.74) is 0.636. The number of carbonyl (C=O) groups is 2. The number of hydrogen-bond acceptors (Lipinski definition) is 6. The predicted molar refractivity (Wildman–Crippen MR) is 104 cm³/mol. The van der Waals surface area contributed by atoms with E-state index in [9.17, 15) is 18.0 Å². The molecule has 0 radical (unpaired) electrons. The third kappa shape index (κ3) is 4.55. The molecule has 0 bridgehead atoms. The molecule has 0 unspecified atom stereocenters. The maximum absolute atomic E-state index is 12.6. The van der Waals surface area contributed by atoms with Crippen LogP contribution in [0.3, 0.4) is 0 Å². The lowest BCUT2D eigenvalue weighted by Gasteiger charge is -2.18. The lowest BCUT2D eigenvalue weighted by molar-refractivity contribution is -0.118. The molecular weight excluding hydrogens is 408 g/mol. The van der Waals surface area contributed by atoms with Crippen LogP contribution in [0, 0.1) is 0 Å². The molecule has 10 heteroatoms. The topological polar surface area (TPSA) is 111 Å². The number of sulfone groups is 1. The molecule has 0 saturated heterocycles. The Labute approximate surface area is 166 Å². The molecule has 2 aromatic rings. The second-order valence-corrected chi connectivity index (χ2v) is 8.50. The van der Waals surface area contributed by atoms with Crippen LogP contribution in [0.5, 0.6) is 11.5 Å². The number of ether oxygens (including phenoxy) is 2. The summed E-state index contributed by atoms with van der Waals surface area (Å²) in [7, 11) is -2.30. The van der Waals surface area contributed by atoms with E-state index in [0.29, 0.717) is 22.2 Å². The number of amides is 2. The van der Waals surface area contributed by atoms with Crippen molar-refractivity contribution in [2.75, 3.05) is 30.1 Å². The van der Waals surface area contributed by atoms with Crippen molar-refractivity contribution >= 4 is 44.6 Å². The lowest BCUT2D eigenvalue weighted by Crippen LogP contribution is -2.25. The van der Waals surface area contributed by atoms with E-state index >= 15 is 0 Å². The van der Waals surface area contributed by atoms with E-state index in [1.165, 1.54) is 31.4 Å². The van der Waals surface area contributed by atoms with Gasteiger partial charge in [-0.3, -0.25) is 9.59 Å². The van der Waals surface area contributed by atoms with Crippen molar-refractivity contribution in [1.29, 1.82) is 0 Å². The predicted octanol–water partition coefficient (Wildman–Crippen LogP) is 2.48. The molecular formula is C18H17ClN2O6S. The van der Waals surface area contributed by atoms with E-state index in [4.69, 9.17) is 21.1 Å². The molecule has 0 saturated carbocycles. The summed E-state index contributed by atoms with van der Waals surface area (Å²) in [4.78, 5) is 23.6. The van der Waals surface area contributed by atoms with Crippen LogP contribution in [0.2, 0.25) is 5.02 Å². The van der Waals surface area contributed by atoms with Gasteiger partial charge in [0.25, 0.3) is 5.91 Å². The minimum Gasteiger partial charge on any atom is -0.495 e. The van der Waals surface area contributed by atoms with E-state index in [0.717, 1.165) is 0 Å². The van der Waals surface area contributed by atoms with E-state index in [-0.39, 0.29) is 29.5 Å². The van der Waals surface area contributed by atoms with Crippen LogP contribution < -0.4 is 20.1 Å². The average Bonchev–Trinajstić information content (AvgIpc) is 2.66. The van der Waals surface area contributed by atoms with Crippen molar-refractivity contribution in [2.45, 2.75) is 11.3 Å². The summed E-state index contributed by atoms with van der Waals surface area (Å²) in [6.45, 7) is -0.119. The van der Waals surface area contributed by atoms with Gasteiger partial charge in [-0.25, -0.2) is 8.42 Å². The number of halogens is 1. The molecule has 2 aromatic carbocycles. The highest BCUT2D eigenvalue weighted by Crippen LogP contribution is 2.31. The van der Waals surface area contributed by atoms with Crippen LogP contribution in [-0.4, -0.2) is 39.7 Å². The second-order valence-electron chi connectivity index (χ2n) is 5.96. The Kier molecular flexibility index (Phi) is 5.76. The zero-order valence-corrected chi connectivity index (χ0v) is 16.4. The van der Waals surface area contributed by atoms with Gasteiger partial charge < -0.3 is 20.1 Å². The van der Waals surface area contributed by atoms with Gasteiger partial charge in [0, 0.05) is 11.4 Å². The van der Waals surface area contributed by atoms with Gasteiger partial charge in [-0.05, 0) is 36.4 Å². The number of fused-ring (bicyclic) bond motifs is 1. The zero-order valence-electron chi connectivity index (χ0n) is 14.8. The van der Waals surface area contributed by atoms with Gasteiger partial charge in [0.15, 0.2) is 16.4 Å². The van der Waals surface area contributed by atoms with Crippen molar-refractivity contribution in [3.8, 4) is 11.5 Å². The lowest BCUT2D eigenvalue weighted by atomic mass is 10.2. The monoisotopic (exact) mass is 424 g/mol. The average molecular weight is 425 g/mol. The number of anilines is 2. The molecule has 0 atom stereocenters. The maximum Gasteiger partial charge on any atom is 0.262 e. The summed E-state index contributed by atoms with van der Waals surface area (Å²) < 4.78 is 35.5. The smallest absolute Gasteiger partial charge is 0.262 e. The second kappa shape index (κ2) is 8.07. The normalized spacial score (nSPS) is 13.1. The number of nitrogens with one attached hydrogen (secondary N) is 2. The summed E-state index contributed by atoms with van der Waals surface area (Å²) in [6.07, 6.45) is -0.266. The van der Waals surface area contributed by atoms with Gasteiger partial charge in [-0.2, -0.15) is 0 Å². The first-order valence-electron chi connectivity index (χ1n) is 8.21. The van der Waals surface area contributed by atoms with Crippen LogP contribution in [0.1, 0.15) is 6.42 Å². The summed E-state index contributed by atoms with van der Waals surface area (Å²) in [5, 5.41) is 5.55. The molecule has 0 fully saturated rings. The highest BCUT2D eigenvalue weighted by Gasteiger charge is 2.22. The number of benzene rings is 2. The molecule has 2 amide bonds. The number of carbonyl (C=O) groups excluding carboxylic acids is 2. The minimum absolute atomic E-state index is 0.00909. The van der Waals surface area contributed by atoms with Crippen molar-refractivity contribution in [1.82, 2.24) is 0 Å². The molecule has 0 aromatic heterocycles. The van der Waals surface area contributed by atoms with Crippen molar-refractivity contribution in [3.05, 3.63) is 41.4 Å². The fourth-order valence-corrected chi connectivity index (χ4v) is 4.03. The molecule has 3 rings (SSSR count). The first-order chi connectivity index (χ1) is 13.3. The van der Waals surface area contributed by atoms with Crippen LogP contribution in [-0.2, 0) is 19.4 Å². The van der Waals surface area contributed by atoms with E-state index in [2.05, 4.69) is 10.6 Å². The van der Waals surface area contributed by atoms with E-state index < -0.39 is 21.5 Å². The van der Waals surface area contributed by atoms with Gasteiger partial charge in [-0.1, -0.05) is 11.6 Å². The molecule has 0 aliphatic carbocycles. The maximum atomic E-state index is 12.6. The SMILES string of the molecule is COc1ccc(Cl)cc1NC(=O)CCS(=O)(=O)c1ccc2c(c1)NC(=O)CO2. The first kappa shape index (κ1) is 20.0. The molecule has 1 aliphatic rings. The number of methoxy groups -OCH3 is 1. The Morgan fingerprint density at radius 1 is 1.29 bits per heavy atom. The standard InChI is InChI=1S/C18H17ClN2O6S/c1-26-15-4-2-11(19)8-13(15)20-17(22)6-7-28(24,25)12-3-5-16-14(9-12)21-18(23)10-27-16/h2-5,8-9H,6-7,10H2,1H3,(H,20,22)(H,21,23). The van der Waals surface area contributed by atoms with Gasteiger partial charge >= 0.3 is 0 Å². The molecule has 8 nitrogen and oxygen atoms in total. The van der Waals surface area contributed by atoms with Crippen LogP contribution in [0.25, 0.3) is 0 Å². The quantitative estimate of drug-likeness (QED) is 0.737. The highest BCUT2D eigenvalue weighted by atomic mass is 35.5. The fourth-order valence-electron chi connectivity index (χ4n) is 2.59. The Balaban J connectivity index is 1.68. The summed E-state index contributed by atoms with van der Waals surface area (Å²) >= 11 is 5.91. The zero-order chi connectivity index (χ0) is 20.3. The van der Waals surface area contributed by atoms with Gasteiger partial charge in [0.2, 0.25) is 5.91 Å². The molecule has 1 aliphatic heterocycles. The van der Waals surface area contributed by atoms with Crippen molar-refractivity contribution in [3.63, 3.8) is 0 Å². The molecule has 2 N–H and O–H groups in total. The van der Waals surface area contributed by atoms with Crippen LogP contribution in [0.4, 0.5) is 11.4 Å². The third-order valence-corrected chi connectivity index (χ3v) is 5.93. The summed E-state index contributed by atoms with van der Waals surface area (Å²) in [5.74, 6) is -0.471. The van der Waals surface area contributed by atoms with E-state index in [1.54, 1.807) is 12.1 Å². The number of hydrogen-bond donors (Lipinski definition) is 2. The van der Waals surface area contributed by atoms with Crippen molar-refractivity contribution < 1.29 is 27.5 Å². The van der Waals surface area contributed by atoms with Gasteiger partial charge in [0.05, 0.1) is 29.1 Å². The Morgan fingerprint density at radius 2 is 2.07 bits per heavy atom. The van der Waals surface area contributed by atoms with E-state index in [1.807, 2.05) is 0 Å². The highest BCUT2D eigenvalue weighted by molar-refractivity contribution is 7.91. The molecule has 148 valence electrons. The Hall–Kier alpha value is -2.78. The minimum atomic E-state index is -3.75.